The standard InChI is InChI=1S/C15H30N2/c1-12-6-8-14(9-7-12)15(11-16)17-10-4-3-5-13(17)2/h12-15H,3-11,16H2,1-2H3. The van der Waals surface area contributed by atoms with Crippen LogP contribution < -0.4 is 5.73 Å². The molecule has 2 N–H and O–H groups in total. The lowest BCUT2D eigenvalue weighted by Crippen LogP contribution is -2.52. The third-order valence-corrected chi connectivity index (χ3v) is 5.13. The Morgan fingerprint density at radius 2 is 1.76 bits per heavy atom. The lowest BCUT2D eigenvalue weighted by Gasteiger charge is -2.44. The molecule has 1 saturated carbocycles. The summed E-state index contributed by atoms with van der Waals surface area (Å²) < 4.78 is 0. The van der Waals surface area contributed by atoms with Crippen molar-refractivity contribution >= 4 is 0 Å². The van der Waals surface area contributed by atoms with Crippen molar-refractivity contribution in [1.29, 1.82) is 0 Å². The van der Waals surface area contributed by atoms with Crippen molar-refractivity contribution in [2.45, 2.75) is 70.9 Å². The van der Waals surface area contributed by atoms with Gasteiger partial charge in [0.05, 0.1) is 0 Å². The predicted molar refractivity (Wildman–Crippen MR) is 74.0 cm³/mol. The first-order valence-corrected chi connectivity index (χ1v) is 7.68. The van der Waals surface area contributed by atoms with Crippen LogP contribution >= 0.6 is 0 Å². The lowest BCUT2D eigenvalue weighted by molar-refractivity contribution is 0.0556. The van der Waals surface area contributed by atoms with Gasteiger partial charge < -0.3 is 5.73 Å². The SMILES string of the molecule is CC1CCC(C(CN)N2CCCCC2C)CC1. The number of rotatable bonds is 3. The van der Waals surface area contributed by atoms with E-state index in [1.807, 2.05) is 0 Å². The highest BCUT2D eigenvalue weighted by Gasteiger charge is 2.32. The zero-order valence-electron chi connectivity index (χ0n) is 11.7. The molecule has 17 heavy (non-hydrogen) atoms. The van der Waals surface area contributed by atoms with Gasteiger partial charge in [0, 0.05) is 18.6 Å². The Bertz CT molecular complexity index is 221. The quantitative estimate of drug-likeness (QED) is 0.819. The van der Waals surface area contributed by atoms with Crippen molar-refractivity contribution in [1.82, 2.24) is 4.90 Å². The van der Waals surface area contributed by atoms with Crippen molar-refractivity contribution in [2.75, 3.05) is 13.1 Å². The lowest BCUT2D eigenvalue weighted by atomic mass is 9.78. The van der Waals surface area contributed by atoms with E-state index in [1.54, 1.807) is 0 Å². The van der Waals surface area contributed by atoms with Gasteiger partial charge in [-0.3, -0.25) is 4.90 Å². The second-order valence-corrected chi connectivity index (χ2v) is 6.41. The minimum Gasteiger partial charge on any atom is -0.329 e. The highest BCUT2D eigenvalue weighted by atomic mass is 15.2. The fourth-order valence-electron chi connectivity index (χ4n) is 3.88. The summed E-state index contributed by atoms with van der Waals surface area (Å²) in [6, 6.07) is 1.43. The van der Waals surface area contributed by atoms with Gasteiger partial charge in [0.1, 0.15) is 0 Å². The summed E-state index contributed by atoms with van der Waals surface area (Å²) in [5.41, 5.74) is 6.09. The molecule has 2 aliphatic rings. The van der Waals surface area contributed by atoms with Gasteiger partial charge >= 0.3 is 0 Å². The monoisotopic (exact) mass is 238 g/mol. The maximum atomic E-state index is 6.09. The van der Waals surface area contributed by atoms with Gasteiger partial charge in [-0.05, 0) is 51.0 Å². The first kappa shape index (κ1) is 13.4. The smallest absolute Gasteiger partial charge is 0.0249 e. The summed E-state index contributed by atoms with van der Waals surface area (Å²) in [6.45, 7) is 6.95. The van der Waals surface area contributed by atoms with Crippen LogP contribution in [0, 0.1) is 11.8 Å². The number of likely N-dealkylation sites (tertiary alicyclic amines) is 1. The summed E-state index contributed by atoms with van der Waals surface area (Å²) in [5.74, 6) is 1.82. The van der Waals surface area contributed by atoms with Crippen LogP contribution in [0.4, 0.5) is 0 Å². The molecule has 1 saturated heterocycles. The molecule has 0 bridgehead atoms. The topological polar surface area (TPSA) is 29.3 Å². The van der Waals surface area contributed by atoms with Crippen LogP contribution in [0.2, 0.25) is 0 Å². The Hall–Kier alpha value is -0.0800. The molecule has 0 spiro atoms. The van der Waals surface area contributed by atoms with Crippen LogP contribution in [-0.2, 0) is 0 Å². The van der Waals surface area contributed by atoms with Gasteiger partial charge in [-0.15, -0.1) is 0 Å². The van der Waals surface area contributed by atoms with Crippen LogP contribution in [0.15, 0.2) is 0 Å². The largest absolute Gasteiger partial charge is 0.329 e. The van der Waals surface area contributed by atoms with Gasteiger partial charge in [-0.2, -0.15) is 0 Å². The molecule has 0 aromatic rings. The van der Waals surface area contributed by atoms with Gasteiger partial charge in [-0.25, -0.2) is 0 Å². The summed E-state index contributed by atoms with van der Waals surface area (Å²) in [5, 5.41) is 0. The zero-order valence-corrected chi connectivity index (χ0v) is 11.7. The summed E-state index contributed by atoms with van der Waals surface area (Å²) in [6.07, 6.45) is 9.82. The predicted octanol–water partition coefficient (Wildman–Crippen LogP) is 3.01. The van der Waals surface area contributed by atoms with Crippen molar-refractivity contribution in [3.05, 3.63) is 0 Å². The average molecular weight is 238 g/mol. The molecule has 0 aromatic carbocycles. The first-order chi connectivity index (χ1) is 8.22. The highest BCUT2D eigenvalue weighted by molar-refractivity contribution is 4.87. The van der Waals surface area contributed by atoms with Crippen molar-refractivity contribution in [2.24, 2.45) is 17.6 Å². The fraction of sp³-hybridized carbons (Fsp3) is 1.00. The van der Waals surface area contributed by atoms with Crippen molar-refractivity contribution in [3.8, 4) is 0 Å². The molecule has 2 fully saturated rings. The molecule has 0 aromatic heterocycles. The van der Waals surface area contributed by atoms with Crippen LogP contribution in [0.1, 0.15) is 58.8 Å². The van der Waals surface area contributed by atoms with Gasteiger partial charge in [0.2, 0.25) is 0 Å². The van der Waals surface area contributed by atoms with Crippen molar-refractivity contribution in [3.63, 3.8) is 0 Å². The zero-order chi connectivity index (χ0) is 12.3. The van der Waals surface area contributed by atoms with E-state index in [1.165, 1.54) is 51.5 Å². The van der Waals surface area contributed by atoms with E-state index >= 15 is 0 Å². The summed E-state index contributed by atoms with van der Waals surface area (Å²) >= 11 is 0. The van der Waals surface area contributed by atoms with E-state index in [9.17, 15) is 0 Å². The van der Waals surface area contributed by atoms with E-state index in [2.05, 4.69) is 18.7 Å². The number of nitrogens with zero attached hydrogens (tertiary/aromatic N) is 1. The average Bonchev–Trinajstić information content (AvgIpc) is 2.35. The minimum atomic E-state index is 0.665. The Labute approximate surface area is 107 Å². The van der Waals surface area contributed by atoms with E-state index < -0.39 is 0 Å². The second-order valence-electron chi connectivity index (χ2n) is 6.41. The van der Waals surface area contributed by atoms with E-state index in [0.717, 1.165) is 24.4 Å². The number of hydrogen-bond donors (Lipinski definition) is 1. The van der Waals surface area contributed by atoms with Crippen LogP contribution in [0.3, 0.4) is 0 Å². The molecule has 0 radical (unpaired) electrons. The van der Waals surface area contributed by atoms with E-state index in [-0.39, 0.29) is 0 Å². The molecule has 2 nitrogen and oxygen atoms in total. The first-order valence-electron chi connectivity index (χ1n) is 7.68. The van der Waals surface area contributed by atoms with Gasteiger partial charge in [-0.1, -0.05) is 26.2 Å². The Kier molecular flexibility index (Phi) is 4.87. The maximum Gasteiger partial charge on any atom is 0.0249 e. The summed E-state index contributed by atoms with van der Waals surface area (Å²) in [4.78, 5) is 2.73. The molecule has 2 atom stereocenters. The molecule has 0 amide bonds. The molecule has 1 heterocycles. The molecule has 100 valence electrons. The van der Waals surface area contributed by atoms with Crippen LogP contribution in [0.25, 0.3) is 0 Å². The number of nitrogens with two attached hydrogens (primary N) is 1. The molecule has 1 aliphatic heterocycles. The van der Waals surface area contributed by atoms with Crippen molar-refractivity contribution < 1.29 is 0 Å². The Morgan fingerprint density at radius 3 is 2.35 bits per heavy atom. The Balaban J connectivity index is 1.94. The van der Waals surface area contributed by atoms with E-state index in [4.69, 9.17) is 5.73 Å². The maximum absolute atomic E-state index is 6.09. The number of piperidine rings is 1. The molecule has 1 aliphatic carbocycles. The number of hydrogen-bond acceptors (Lipinski definition) is 2. The molecule has 2 rings (SSSR count). The van der Waals surface area contributed by atoms with Gasteiger partial charge in [0.25, 0.3) is 0 Å². The molecule has 2 unspecified atom stereocenters. The Morgan fingerprint density at radius 1 is 1.06 bits per heavy atom. The molecular formula is C15H30N2. The fourth-order valence-corrected chi connectivity index (χ4v) is 3.88. The van der Waals surface area contributed by atoms with Crippen LogP contribution in [-0.4, -0.2) is 30.1 Å². The minimum absolute atomic E-state index is 0.665. The third-order valence-electron chi connectivity index (χ3n) is 5.13. The summed E-state index contributed by atoms with van der Waals surface area (Å²) in [7, 11) is 0. The van der Waals surface area contributed by atoms with E-state index in [0.29, 0.717) is 6.04 Å². The molecule has 2 heteroatoms. The normalized spacial score (nSPS) is 37.9. The van der Waals surface area contributed by atoms with Gasteiger partial charge in [0.15, 0.2) is 0 Å². The third kappa shape index (κ3) is 3.23. The molecular weight excluding hydrogens is 208 g/mol. The van der Waals surface area contributed by atoms with Crippen LogP contribution in [0.5, 0.6) is 0 Å². The second kappa shape index (κ2) is 6.19. The highest BCUT2D eigenvalue weighted by Crippen LogP contribution is 2.34.